The zero-order chi connectivity index (χ0) is 18.8. The lowest BCUT2D eigenvalue weighted by atomic mass is 10.1. The second kappa shape index (κ2) is 7.32. The summed E-state index contributed by atoms with van der Waals surface area (Å²) in [5.74, 6) is 0.487. The number of rotatable bonds is 3. The third-order valence-corrected chi connectivity index (χ3v) is 5.04. The average molecular weight is 362 g/mol. The van der Waals surface area contributed by atoms with Gasteiger partial charge in [0.25, 0.3) is 5.56 Å². The fraction of sp³-hybridized carbons (Fsp3) is 0.286. The lowest BCUT2D eigenvalue weighted by Gasteiger charge is -2.32. The maximum atomic E-state index is 13.1. The Morgan fingerprint density at radius 1 is 0.963 bits per heavy atom. The van der Waals surface area contributed by atoms with Gasteiger partial charge in [0.2, 0.25) is 5.91 Å². The van der Waals surface area contributed by atoms with E-state index in [9.17, 15) is 9.59 Å². The van der Waals surface area contributed by atoms with Gasteiger partial charge in [-0.15, -0.1) is 0 Å². The summed E-state index contributed by atoms with van der Waals surface area (Å²) in [7, 11) is 2.05. The van der Waals surface area contributed by atoms with Gasteiger partial charge >= 0.3 is 0 Å². The molecule has 1 aliphatic heterocycles. The lowest BCUT2D eigenvalue weighted by molar-refractivity contribution is -0.133. The van der Waals surface area contributed by atoms with Crippen LogP contribution in [0.2, 0.25) is 0 Å². The van der Waals surface area contributed by atoms with E-state index in [0.717, 1.165) is 18.7 Å². The summed E-state index contributed by atoms with van der Waals surface area (Å²) in [6, 6.07) is 16.8. The number of nitrogens with zero attached hydrogens (tertiary/aromatic N) is 4. The molecule has 1 amide bonds. The third-order valence-electron chi connectivity index (χ3n) is 5.04. The molecule has 0 N–H and O–H groups in total. The van der Waals surface area contributed by atoms with Crippen molar-refractivity contribution in [2.24, 2.45) is 0 Å². The van der Waals surface area contributed by atoms with E-state index in [2.05, 4.69) is 4.90 Å². The Kier molecular flexibility index (Phi) is 4.73. The molecule has 0 saturated carbocycles. The molecule has 0 atom stereocenters. The summed E-state index contributed by atoms with van der Waals surface area (Å²) >= 11 is 0. The van der Waals surface area contributed by atoms with Crippen LogP contribution < -0.4 is 5.56 Å². The van der Waals surface area contributed by atoms with Crippen LogP contribution in [0.25, 0.3) is 22.3 Å². The van der Waals surface area contributed by atoms with Crippen molar-refractivity contribution >= 4 is 16.8 Å². The van der Waals surface area contributed by atoms with Gasteiger partial charge in [0.1, 0.15) is 12.4 Å². The predicted octanol–water partition coefficient (Wildman–Crippen LogP) is 1.84. The molecular formula is C21H22N4O2. The molecule has 1 fully saturated rings. The highest BCUT2D eigenvalue weighted by Gasteiger charge is 2.22. The van der Waals surface area contributed by atoms with Gasteiger partial charge in [0.05, 0.1) is 10.9 Å². The number of aromatic nitrogens is 2. The van der Waals surface area contributed by atoms with Gasteiger partial charge in [0, 0.05) is 31.7 Å². The molecule has 138 valence electrons. The predicted molar refractivity (Wildman–Crippen MR) is 106 cm³/mol. The van der Waals surface area contributed by atoms with Gasteiger partial charge in [-0.3, -0.25) is 14.2 Å². The highest BCUT2D eigenvalue weighted by Crippen LogP contribution is 2.19. The Morgan fingerprint density at radius 2 is 1.63 bits per heavy atom. The van der Waals surface area contributed by atoms with Crippen molar-refractivity contribution in [3.63, 3.8) is 0 Å². The van der Waals surface area contributed by atoms with E-state index in [0.29, 0.717) is 29.8 Å². The first-order valence-corrected chi connectivity index (χ1v) is 9.15. The van der Waals surface area contributed by atoms with E-state index in [4.69, 9.17) is 4.98 Å². The summed E-state index contributed by atoms with van der Waals surface area (Å²) in [4.78, 5) is 34.7. The first-order valence-electron chi connectivity index (χ1n) is 9.15. The molecule has 0 spiro atoms. The van der Waals surface area contributed by atoms with Gasteiger partial charge in [-0.05, 0) is 19.2 Å². The molecule has 3 aromatic rings. The van der Waals surface area contributed by atoms with Crippen molar-refractivity contribution < 1.29 is 4.79 Å². The van der Waals surface area contributed by atoms with Crippen LogP contribution in [-0.2, 0) is 11.3 Å². The molecule has 27 heavy (non-hydrogen) atoms. The average Bonchev–Trinajstić information content (AvgIpc) is 2.71. The number of benzene rings is 2. The van der Waals surface area contributed by atoms with Crippen LogP contribution in [0, 0.1) is 0 Å². The van der Waals surface area contributed by atoms with Crippen LogP contribution in [-0.4, -0.2) is 58.5 Å². The molecule has 0 bridgehead atoms. The Labute approximate surface area is 157 Å². The van der Waals surface area contributed by atoms with Crippen molar-refractivity contribution in [1.29, 1.82) is 0 Å². The fourth-order valence-electron chi connectivity index (χ4n) is 3.41. The van der Waals surface area contributed by atoms with E-state index < -0.39 is 0 Å². The molecule has 1 saturated heterocycles. The summed E-state index contributed by atoms with van der Waals surface area (Å²) in [5.41, 5.74) is 1.29. The van der Waals surface area contributed by atoms with Gasteiger partial charge in [-0.1, -0.05) is 42.5 Å². The quantitative estimate of drug-likeness (QED) is 0.713. The Morgan fingerprint density at radius 3 is 2.37 bits per heavy atom. The number of piperazine rings is 1. The van der Waals surface area contributed by atoms with E-state index in [1.165, 1.54) is 4.57 Å². The molecular weight excluding hydrogens is 340 g/mol. The summed E-state index contributed by atoms with van der Waals surface area (Å²) in [6.45, 7) is 3.08. The molecule has 2 aromatic carbocycles. The first kappa shape index (κ1) is 17.4. The number of carbonyl (C=O) groups excluding carboxylic acids is 1. The molecule has 0 aliphatic carbocycles. The number of hydrogen-bond acceptors (Lipinski definition) is 4. The highest BCUT2D eigenvalue weighted by atomic mass is 16.2. The topological polar surface area (TPSA) is 58.4 Å². The van der Waals surface area contributed by atoms with Gasteiger partial charge in [0.15, 0.2) is 0 Å². The lowest BCUT2D eigenvalue weighted by Crippen LogP contribution is -2.48. The summed E-state index contributed by atoms with van der Waals surface area (Å²) in [5, 5.41) is 0.531. The number of fused-ring (bicyclic) bond motifs is 1. The Balaban J connectivity index is 1.77. The van der Waals surface area contributed by atoms with E-state index >= 15 is 0 Å². The van der Waals surface area contributed by atoms with Gasteiger partial charge in [-0.25, -0.2) is 4.98 Å². The van der Waals surface area contributed by atoms with Crippen molar-refractivity contribution in [3.8, 4) is 11.4 Å². The molecule has 6 nitrogen and oxygen atoms in total. The maximum absolute atomic E-state index is 13.1. The van der Waals surface area contributed by atoms with Gasteiger partial charge < -0.3 is 9.80 Å². The van der Waals surface area contributed by atoms with Crippen LogP contribution in [0.15, 0.2) is 59.4 Å². The van der Waals surface area contributed by atoms with E-state index in [1.54, 1.807) is 6.07 Å². The second-order valence-electron chi connectivity index (χ2n) is 6.89. The monoisotopic (exact) mass is 362 g/mol. The summed E-state index contributed by atoms with van der Waals surface area (Å²) < 4.78 is 1.51. The minimum absolute atomic E-state index is 0.00457. The zero-order valence-electron chi connectivity index (χ0n) is 15.3. The SMILES string of the molecule is CN1CCN(C(=O)Cn2c(-c3ccccc3)nc3ccccc3c2=O)CC1. The zero-order valence-corrected chi connectivity index (χ0v) is 15.3. The molecule has 1 aromatic heterocycles. The van der Waals surface area contributed by atoms with Crippen LogP contribution in [0.4, 0.5) is 0 Å². The normalized spacial score (nSPS) is 15.2. The van der Waals surface area contributed by atoms with Crippen molar-refractivity contribution in [3.05, 3.63) is 65.0 Å². The van der Waals surface area contributed by atoms with Crippen LogP contribution in [0.1, 0.15) is 0 Å². The number of likely N-dealkylation sites (N-methyl/N-ethyl adjacent to an activating group) is 1. The smallest absolute Gasteiger partial charge is 0.262 e. The number of hydrogen-bond donors (Lipinski definition) is 0. The number of amides is 1. The van der Waals surface area contributed by atoms with Crippen LogP contribution in [0.5, 0.6) is 0 Å². The molecule has 2 heterocycles. The number of carbonyl (C=O) groups is 1. The van der Waals surface area contributed by atoms with Crippen molar-refractivity contribution in [1.82, 2.24) is 19.4 Å². The molecule has 1 aliphatic rings. The third kappa shape index (κ3) is 3.48. The van der Waals surface area contributed by atoms with Crippen molar-refractivity contribution in [2.75, 3.05) is 33.2 Å². The van der Waals surface area contributed by atoms with E-state index in [-0.39, 0.29) is 18.0 Å². The number of para-hydroxylation sites is 1. The summed E-state index contributed by atoms with van der Waals surface area (Å²) in [6.07, 6.45) is 0. The minimum Gasteiger partial charge on any atom is -0.339 e. The standard InChI is InChI=1S/C21H22N4O2/c1-23-11-13-24(14-12-23)19(26)15-25-20(16-7-3-2-4-8-16)22-18-10-6-5-9-17(18)21(25)27/h2-10H,11-15H2,1H3. The Bertz CT molecular complexity index is 1020. The molecule has 0 unspecified atom stereocenters. The van der Waals surface area contributed by atoms with Gasteiger partial charge in [-0.2, -0.15) is 0 Å². The minimum atomic E-state index is -0.179. The molecule has 0 radical (unpaired) electrons. The second-order valence-corrected chi connectivity index (χ2v) is 6.89. The molecule has 6 heteroatoms. The Hall–Kier alpha value is -2.99. The van der Waals surface area contributed by atoms with Crippen LogP contribution >= 0.6 is 0 Å². The first-order chi connectivity index (χ1) is 13.1. The largest absolute Gasteiger partial charge is 0.339 e. The van der Waals surface area contributed by atoms with Crippen molar-refractivity contribution in [2.45, 2.75) is 6.54 Å². The highest BCUT2D eigenvalue weighted by molar-refractivity contribution is 5.81. The molecule has 4 rings (SSSR count). The van der Waals surface area contributed by atoms with Crippen LogP contribution in [0.3, 0.4) is 0 Å². The fourth-order valence-corrected chi connectivity index (χ4v) is 3.41. The maximum Gasteiger partial charge on any atom is 0.262 e. The van der Waals surface area contributed by atoms with E-state index in [1.807, 2.05) is 60.5 Å².